The number of carbonyl (C=O) groups is 1. The molecule has 0 aliphatic heterocycles. The van der Waals surface area contributed by atoms with E-state index in [0.29, 0.717) is 0 Å². The van der Waals surface area contributed by atoms with Crippen molar-refractivity contribution >= 4 is 5.97 Å². The molecule has 0 saturated carbocycles. The fraction of sp³-hybridized carbons (Fsp3) is 0.947. The third-order valence-electron chi connectivity index (χ3n) is 4.40. The van der Waals surface area contributed by atoms with E-state index in [2.05, 4.69) is 58.3 Å². The molecule has 0 aliphatic carbocycles. The predicted octanol–water partition coefficient (Wildman–Crippen LogP) is 3.51. The Balaban J connectivity index is 5.35. The molecule has 0 aromatic heterocycles. The smallest absolute Gasteiger partial charge is 0.312 e. The summed E-state index contributed by atoms with van der Waals surface area (Å²) in [7, 11) is 8.03. The van der Waals surface area contributed by atoms with Crippen molar-refractivity contribution in [3.63, 3.8) is 0 Å². The topological polar surface area (TPSA) is 32.8 Å². The second-order valence-corrected chi connectivity index (χ2v) is 9.87. The molecule has 0 aromatic rings. The largest absolute Gasteiger partial charge is 0.459 e. The second-order valence-electron chi connectivity index (χ2n) is 9.87. The van der Waals surface area contributed by atoms with Crippen molar-refractivity contribution in [1.29, 1.82) is 0 Å². The van der Waals surface area contributed by atoms with Gasteiger partial charge in [0.05, 0.1) is 5.41 Å². The summed E-state index contributed by atoms with van der Waals surface area (Å²) in [6.07, 6.45) is 0.688. The van der Waals surface area contributed by atoms with Gasteiger partial charge in [0.1, 0.15) is 6.10 Å². The molecule has 1 unspecified atom stereocenters. The Morgan fingerprint density at radius 1 is 0.870 bits per heavy atom. The lowest BCUT2D eigenvalue weighted by Gasteiger charge is -2.44. The van der Waals surface area contributed by atoms with E-state index in [1.54, 1.807) is 0 Å². The maximum atomic E-state index is 13.1. The molecule has 0 radical (unpaired) electrons. The molecule has 0 amide bonds. The minimum Gasteiger partial charge on any atom is -0.459 e. The highest BCUT2D eigenvalue weighted by molar-refractivity contribution is 5.77. The SMILES string of the molecule is CN(C)CC(CN(C)C)OC(=O)C(C)(CC(C)(C)C)C(C)(C)C. The van der Waals surface area contributed by atoms with E-state index in [-0.39, 0.29) is 22.9 Å². The zero-order chi connectivity index (χ0) is 18.6. The monoisotopic (exact) mass is 328 g/mol. The van der Waals surface area contributed by atoms with Gasteiger partial charge in [-0.05, 0) is 52.4 Å². The van der Waals surface area contributed by atoms with Crippen LogP contribution in [0.15, 0.2) is 0 Å². The highest BCUT2D eigenvalue weighted by Gasteiger charge is 2.48. The second kappa shape index (κ2) is 7.98. The number of rotatable bonds is 7. The van der Waals surface area contributed by atoms with E-state index in [0.717, 1.165) is 19.5 Å². The summed E-state index contributed by atoms with van der Waals surface area (Å²) in [6.45, 7) is 16.5. The molecular weight excluding hydrogens is 288 g/mol. The van der Waals surface area contributed by atoms with Crippen LogP contribution in [0.1, 0.15) is 54.9 Å². The Labute approximate surface area is 144 Å². The van der Waals surface area contributed by atoms with Gasteiger partial charge in [0.25, 0.3) is 0 Å². The van der Waals surface area contributed by atoms with Crippen LogP contribution in [-0.2, 0) is 9.53 Å². The number of nitrogens with zero attached hydrogens (tertiary/aromatic N) is 2. The van der Waals surface area contributed by atoms with E-state index >= 15 is 0 Å². The molecular formula is C19H40N2O2. The fourth-order valence-electron chi connectivity index (χ4n) is 2.93. The van der Waals surface area contributed by atoms with E-state index < -0.39 is 5.41 Å². The van der Waals surface area contributed by atoms with Gasteiger partial charge in [0.2, 0.25) is 0 Å². The highest BCUT2D eigenvalue weighted by atomic mass is 16.5. The Hall–Kier alpha value is -0.610. The van der Waals surface area contributed by atoms with Gasteiger partial charge >= 0.3 is 5.97 Å². The van der Waals surface area contributed by atoms with Crippen LogP contribution >= 0.6 is 0 Å². The van der Waals surface area contributed by atoms with Crippen molar-refractivity contribution < 1.29 is 9.53 Å². The van der Waals surface area contributed by atoms with Gasteiger partial charge in [-0.1, -0.05) is 41.5 Å². The van der Waals surface area contributed by atoms with Crippen molar-refractivity contribution in [2.75, 3.05) is 41.3 Å². The van der Waals surface area contributed by atoms with Gasteiger partial charge in [0, 0.05) is 13.1 Å². The lowest BCUT2D eigenvalue weighted by molar-refractivity contribution is -0.171. The molecule has 138 valence electrons. The van der Waals surface area contributed by atoms with E-state index in [1.807, 2.05) is 28.2 Å². The average Bonchev–Trinajstić information content (AvgIpc) is 2.22. The standard InChI is InChI=1S/C19H40N2O2/c1-17(2,3)14-19(7,18(4,5)6)16(22)23-15(12-20(8)9)13-21(10)11/h15H,12-14H2,1-11H3. The van der Waals surface area contributed by atoms with Crippen LogP contribution in [0.4, 0.5) is 0 Å². The maximum Gasteiger partial charge on any atom is 0.312 e. The number of likely N-dealkylation sites (N-methyl/N-ethyl adjacent to an activating group) is 2. The third kappa shape index (κ3) is 7.67. The molecule has 0 heterocycles. The first-order chi connectivity index (χ1) is 10.1. The van der Waals surface area contributed by atoms with E-state index in [4.69, 9.17) is 4.74 Å². The summed E-state index contributed by atoms with van der Waals surface area (Å²) < 4.78 is 5.99. The average molecular weight is 329 g/mol. The molecule has 0 spiro atoms. The van der Waals surface area contributed by atoms with Crippen molar-refractivity contribution in [3.8, 4) is 0 Å². The molecule has 0 bridgehead atoms. The Bertz CT molecular complexity index is 368. The predicted molar refractivity (Wildman–Crippen MR) is 98.6 cm³/mol. The molecule has 0 saturated heterocycles. The first-order valence-corrected chi connectivity index (χ1v) is 8.59. The van der Waals surface area contributed by atoms with Gasteiger partial charge in [-0.25, -0.2) is 0 Å². The molecule has 0 aromatic carbocycles. The van der Waals surface area contributed by atoms with Gasteiger partial charge < -0.3 is 14.5 Å². The summed E-state index contributed by atoms with van der Waals surface area (Å²) in [5.41, 5.74) is -0.597. The lowest BCUT2D eigenvalue weighted by Crippen LogP contribution is -2.48. The molecule has 4 nitrogen and oxygen atoms in total. The molecule has 0 rings (SSSR count). The van der Waals surface area contributed by atoms with Crippen LogP contribution in [0.3, 0.4) is 0 Å². The lowest BCUT2D eigenvalue weighted by atomic mass is 9.61. The summed E-state index contributed by atoms with van der Waals surface area (Å²) in [4.78, 5) is 17.2. The van der Waals surface area contributed by atoms with Crippen LogP contribution < -0.4 is 0 Å². The first kappa shape index (κ1) is 22.4. The van der Waals surface area contributed by atoms with Crippen LogP contribution in [0.5, 0.6) is 0 Å². The van der Waals surface area contributed by atoms with Crippen LogP contribution in [0.25, 0.3) is 0 Å². The zero-order valence-electron chi connectivity index (χ0n) is 17.4. The van der Waals surface area contributed by atoms with Crippen molar-refractivity contribution in [3.05, 3.63) is 0 Å². The van der Waals surface area contributed by atoms with Gasteiger partial charge in [0.15, 0.2) is 0 Å². The summed E-state index contributed by atoms with van der Waals surface area (Å²) in [5.74, 6) is -0.0753. The summed E-state index contributed by atoms with van der Waals surface area (Å²) in [6, 6.07) is 0. The number of hydrogen-bond acceptors (Lipinski definition) is 4. The Morgan fingerprint density at radius 3 is 1.52 bits per heavy atom. The highest BCUT2D eigenvalue weighted by Crippen LogP contribution is 2.47. The molecule has 0 fully saturated rings. The summed E-state index contributed by atoms with van der Waals surface area (Å²) >= 11 is 0. The van der Waals surface area contributed by atoms with E-state index in [1.165, 1.54) is 0 Å². The minimum absolute atomic E-state index is 0.0691. The van der Waals surface area contributed by atoms with Gasteiger partial charge in [-0.15, -0.1) is 0 Å². The molecule has 23 heavy (non-hydrogen) atoms. The van der Waals surface area contributed by atoms with Crippen LogP contribution in [0.2, 0.25) is 0 Å². The van der Waals surface area contributed by atoms with Crippen molar-refractivity contribution in [2.24, 2.45) is 16.2 Å². The number of carbonyl (C=O) groups excluding carboxylic acids is 1. The Kier molecular flexibility index (Phi) is 7.76. The minimum atomic E-state index is -0.512. The van der Waals surface area contributed by atoms with E-state index in [9.17, 15) is 4.79 Å². The number of esters is 1. The quantitative estimate of drug-likeness (QED) is 0.670. The van der Waals surface area contributed by atoms with Gasteiger partial charge in [-0.3, -0.25) is 4.79 Å². The number of hydrogen-bond donors (Lipinski definition) is 0. The molecule has 0 aliphatic rings. The van der Waals surface area contributed by atoms with Crippen molar-refractivity contribution in [1.82, 2.24) is 9.80 Å². The molecule has 0 N–H and O–H groups in total. The van der Waals surface area contributed by atoms with Crippen molar-refractivity contribution in [2.45, 2.75) is 61.0 Å². The molecule has 4 heteroatoms. The normalized spacial score (nSPS) is 16.1. The zero-order valence-corrected chi connectivity index (χ0v) is 17.4. The van der Waals surface area contributed by atoms with Gasteiger partial charge in [-0.2, -0.15) is 0 Å². The fourth-order valence-corrected chi connectivity index (χ4v) is 2.93. The van der Waals surface area contributed by atoms with Crippen LogP contribution in [0, 0.1) is 16.2 Å². The number of ether oxygens (including phenoxy) is 1. The van der Waals surface area contributed by atoms with Crippen LogP contribution in [-0.4, -0.2) is 63.2 Å². The molecule has 1 atom stereocenters. The third-order valence-corrected chi connectivity index (χ3v) is 4.40. The Morgan fingerprint density at radius 2 is 1.26 bits per heavy atom. The summed E-state index contributed by atoms with van der Waals surface area (Å²) in [5, 5.41) is 0. The first-order valence-electron chi connectivity index (χ1n) is 8.59. The maximum absolute atomic E-state index is 13.1.